The molecule has 0 fully saturated rings. The summed E-state index contributed by atoms with van der Waals surface area (Å²) in [5.74, 6) is 2.23. The van der Waals surface area contributed by atoms with Crippen LogP contribution in [-0.4, -0.2) is 24.5 Å². The summed E-state index contributed by atoms with van der Waals surface area (Å²) in [5.41, 5.74) is 0.491. The third kappa shape index (κ3) is 4.06. The van der Waals surface area contributed by atoms with Crippen LogP contribution in [0.25, 0.3) is 0 Å². The van der Waals surface area contributed by atoms with Crippen molar-refractivity contribution in [3.63, 3.8) is 0 Å². The molecular weight excluding hydrogens is 324 g/mol. The maximum atomic E-state index is 12.5. The van der Waals surface area contributed by atoms with Gasteiger partial charge in [0.25, 0.3) is 11.6 Å². The van der Waals surface area contributed by atoms with Gasteiger partial charge in [-0.1, -0.05) is 12.0 Å². The van der Waals surface area contributed by atoms with E-state index in [1.165, 1.54) is 19.2 Å². The van der Waals surface area contributed by atoms with E-state index in [1.807, 2.05) is 0 Å². The highest BCUT2D eigenvalue weighted by Crippen LogP contribution is 2.35. The standard InChI is InChI=1S/C18H16N2O5/c1-4-12-7-6-8-13(9-12)19-18(21)14-10-16(24-3)17(25-5-2)11-15(14)20(22)23/h1,6-11H,5H2,2-3H3,(H,19,21). The van der Waals surface area contributed by atoms with Crippen molar-refractivity contribution in [2.24, 2.45) is 0 Å². The largest absolute Gasteiger partial charge is 0.493 e. The Bertz CT molecular complexity index is 855. The van der Waals surface area contributed by atoms with Crippen LogP contribution in [0.3, 0.4) is 0 Å². The Labute approximate surface area is 144 Å². The summed E-state index contributed by atoms with van der Waals surface area (Å²) in [4.78, 5) is 23.2. The molecule has 0 saturated carbocycles. The van der Waals surface area contributed by atoms with Crippen LogP contribution in [0.5, 0.6) is 11.5 Å². The van der Waals surface area contributed by atoms with Gasteiger partial charge in [0.2, 0.25) is 0 Å². The minimum atomic E-state index is -0.651. The van der Waals surface area contributed by atoms with E-state index in [0.29, 0.717) is 17.9 Å². The molecule has 1 N–H and O–H groups in total. The molecule has 0 radical (unpaired) electrons. The van der Waals surface area contributed by atoms with Crippen molar-refractivity contribution in [3.8, 4) is 23.8 Å². The Kier molecular flexibility index (Phi) is 5.58. The van der Waals surface area contributed by atoms with Crippen LogP contribution in [0.4, 0.5) is 11.4 Å². The summed E-state index contributed by atoms with van der Waals surface area (Å²) in [7, 11) is 1.39. The Morgan fingerprint density at radius 1 is 1.32 bits per heavy atom. The van der Waals surface area contributed by atoms with Crippen LogP contribution in [-0.2, 0) is 0 Å². The van der Waals surface area contributed by atoms with E-state index in [-0.39, 0.29) is 22.7 Å². The molecule has 0 saturated heterocycles. The van der Waals surface area contributed by atoms with Crippen molar-refractivity contribution in [1.82, 2.24) is 0 Å². The molecule has 0 aliphatic heterocycles. The number of hydrogen-bond donors (Lipinski definition) is 1. The molecule has 2 rings (SSSR count). The summed E-state index contributed by atoms with van der Waals surface area (Å²) >= 11 is 0. The Morgan fingerprint density at radius 2 is 2.08 bits per heavy atom. The van der Waals surface area contributed by atoms with Crippen molar-refractivity contribution in [3.05, 3.63) is 57.6 Å². The van der Waals surface area contributed by atoms with E-state index in [1.54, 1.807) is 31.2 Å². The number of nitrogens with zero attached hydrogens (tertiary/aromatic N) is 1. The molecular formula is C18H16N2O5. The molecule has 128 valence electrons. The number of nitrogens with one attached hydrogen (secondary N) is 1. The average Bonchev–Trinajstić information content (AvgIpc) is 2.61. The van der Waals surface area contributed by atoms with Crippen molar-refractivity contribution in [2.45, 2.75) is 6.92 Å². The predicted molar refractivity (Wildman–Crippen MR) is 93.1 cm³/mol. The molecule has 25 heavy (non-hydrogen) atoms. The zero-order valence-corrected chi connectivity index (χ0v) is 13.7. The molecule has 2 aromatic rings. The van der Waals surface area contributed by atoms with Gasteiger partial charge in [-0.2, -0.15) is 0 Å². The number of methoxy groups -OCH3 is 1. The number of ether oxygens (including phenoxy) is 2. The first-order valence-corrected chi connectivity index (χ1v) is 7.37. The fourth-order valence-electron chi connectivity index (χ4n) is 2.20. The van der Waals surface area contributed by atoms with E-state index in [0.717, 1.165) is 0 Å². The molecule has 0 aliphatic carbocycles. The van der Waals surface area contributed by atoms with Gasteiger partial charge < -0.3 is 14.8 Å². The highest BCUT2D eigenvalue weighted by Gasteiger charge is 2.24. The number of rotatable bonds is 6. The number of nitro benzene ring substituents is 1. The summed E-state index contributed by atoms with van der Waals surface area (Å²) < 4.78 is 10.5. The van der Waals surface area contributed by atoms with E-state index in [4.69, 9.17) is 15.9 Å². The molecule has 1 amide bonds. The van der Waals surface area contributed by atoms with Gasteiger partial charge in [-0.15, -0.1) is 6.42 Å². The zero-order valence-electron chi connectivity index (χ0n) is 13.7. The first-order chi connectivity index (χ1) is 12.0. The second-order valence-corrected chi connectivity index (χ2v) is 4.89. The number of amides is 1. The molecule has 0 heterocycles. The Balaban J connectivity index is 2.43. The Hall–Kier alpha value is -3.53. The zero-order chi connectivity index (χ0) is 18.4. The Morgan fingerprint density at radius 3 is 2.68 bits per heavy atom. The van der Waals surface area contributed by atoms with Gasteiger partial charge in [-0.05, 0) is 25.1 Å². The lowest BCUT2D eigenvalue weighted by atomic mass is 10.1. The normalized spacial score (nSPS) is 9.80. The fraction of sp³-hybridized carbons (Fsp3) is 0.167. The molecule has 2 aromatic carbocycles. The molecule has 0 aliphatic rings. The third-order valence-electron chi connectivity index (χ3n) is 3.31. The quantitative estimate of drug-likeness (QED) is 0.495. The molecule has 0 unspecified atom stereocenters. The van der Waals surface area contributed by atoms with Crippen LogP contribution < -0.4 is 14.8 Å². The smallest absolute Gasteiger partial charge is 0.286 e. The highest BCUT2D eigenvalue weighted by atomic mass is 16.6. The number of nitro groups is 1. The third-order valence-corrected chi connectivity index (χ3v) is 3.31. The number of benzene rings is 2. The van der Waals surface area contributed by atoms with E-state index in [9.17, 15) is 14.9 Å². The van der Waals surface area contributed by atoms with Gasteiger partial charge in [0.05, 0.1) is 24.7 Å². The maximum absolute atomic E-state index is 12.5. The number of terminal acetylenes is 1. The number of hydrogen-bond acceptors (Lipinski definition) is 5. The van der Waals surface area contributed by atoms with Crippen molar-refractivity contribution < 1.29 is 19.2 Å². The van der Waals surface area contributed by atoms with Gasteiger partial charge >= 0.3 is 0 Å². The fourth-order valence-corrected chi connectivity index (χ4v) is 2.20. The van der Waals surface area contributed by atoms with Crippen molar-refractivity contribution in [1.29, 1.82) is 0 Å². The van der Waals surface area contributed by atoms with Gasteiger partial charge in [0.15, 0.2) is 11.5 Å². The average molecular weight is 340 g/mol. The first-order valence-electron chi connectivity index (χ1n) is 7.37. The van der Waals surface area contributed by atoms with Gasteiger partial charge in [-0.3, -0.25) is 14.9 Å². The lowest BCUT2D eigenvalue weighted by molar-refractivity contribution is -0.385. The summed E-state index contributed by atoms with van der Waals surface area (Å²) in [6.07, 6.45) is 5.33. The van der Waals surface area contributed by atoms with E-state index < -0.39 is 10.8 Å². The summed E-state index contributed by atoms with van der Waals surface area (Å²) in [6.45, 7) is 2.04. The SMILES string of the molecule is C#Cc1cccc(NC(=O)c2cc(OC)c(OCC)cc2[N+](=O)[O-])c1. The lowest BCUT2D eigenvalue weighted by Gasteiger charge is -2.12. The lowest BCUT2D eigenvalue weighted by Crippen LogP contribution is -2.14. The summed E-state index contributed by atoms with van der Waals surface area (Å²) in [6, 6.07) is 9.07. The van der Waals surface area contributed by atoms with Gasteiger partial charge in [0.1, 0.15) is 5.56 Å². The van der Waals surface area contributed by atoms with Crippen LogP contribution in [0.2, 0.25) is 0 Å². The second kappa shape index (κ2) is 7.84. The molecule has 0 bridgehead atoms. The van der Waals surface area contributed by atoms with Crippen molar-refractivity contribution in [2.75, 3.05) is 19.0 Å². The number of carbonyl (C=O) groups excluding carboxylic acids is 1. The van der Waals surface area contributed by atoms with E-state index >= 15 is 0 Å². The second-order valence-electron chi connectivity index (χ2n) is 4.89. The van der Waals surface area contributed by atoms with Crippen LogP contribution in [0.15, 0.2) is 36.4 Å². The van der Waals surface area contributed by atoms with Crippen LogP contribution >= 0.6 is 0 Å². The molecule has 7 heteroatoms. The maximum Gasteiger partial charge on any atom is 0.286 e. The number of anilines is 1. The minimum absolute atomic E-state index is 0.142. The predicted octanol–water partition coefficient (Wildman–Crippen LogP) is 3.24. The van der Waals surface area contributed by atoms with E-state index in [2.05, 4.69) is 11.2 Å². The monoisotopic (exact) mass is 340 g/mol. The minimum Gasteiger partial charge on any atom is -0.493 e. The molecule has 7 nitrogen and oxygen atoms in total. The summed E-state index contributed by atoms with van der Waals surface area (Å²) in [5, 5.41) is 13.9. The topological polar surface area (TPSA) is 90.7 Å². The van der Waals surface area contributed by atoms with Gasteiger partial charge in [0, 0.05) is 17.3 Å². The molecule has 0 atom stereocenters. The molecule has 0 aromatic heterocycles. The number of carbonyl (C=O) groups is 1. The van der Waals surface area contributed by atoms with Crippen LogP contribution in [0, 0.1) is 22.5 Å². The van der Waals surface area contributed by atoms with Crippen molar-refractivity contribution >= 4 is 17.3 Å². The van der Waals surface area contributed by atoms with Crippen LogP contribution in [0.1, 0.15) is 22.8 Å². The molecule has 0 spiro atoms. The highest BCUT2D eigenvalue weighted by molar-refractivity contribution is 6.07. The van der Waals surface area contributed by atoms with Gasteiger partial charge in [-0.25, -0.2) is 0 Å². The first kappa shape index (κ1) is 17.8.